The lowest BCUT2D eigenvalue weighted by atomic mass is 9.92. The lowest BCUT2D eigenvalue weighted by molar-refractivity contribution is -0.127. The molecule has 0 saturated heterocycles. The van der Waals surface area contributed by atoms with E-state index in [1.54, 1.807) is 17.0 Å². The molecule has 0 unspecified atom stereocenters. The molecule has 1 atom stereocenters. The lowest BCUT2D eigenvalue weighted by Crippen LogP contribution is -2.54. The maximum absolute atomic E-state index is 13.2. The zero-order chi connectivity index (χ0) is 19.3. The van der Waals surface area contributed by atoms with Gasteiger partial charge in [-0.2, -0.15) is 0 Å². The number of carbonyl (C=O) groups is 2. The van der Waals surface area contributed by atoms with Crippen molar-refractivity contribution in [2.45, 2.75) is 70.0 Å². The van der Waals surface area contributed by atoms with Gasteiger partial charge in [0.15, 0.2) is 5.76 Å². The Morgan fingerprint density at radius 1 is 0.929 bits per heavy atom. The van der Waals surface area contributed by atoms with Crippen LogP contribution >= 0.6 is 0 Å². The molecule has 5 heteroatoms. The van der Waals surface area contributed by atoms with Crippen molar-refractivity contribution in [2.24, 2.45) is 0 Å². The van der Waals surface area contributed by atoms with Crippen molar-refractivity contribution >= 4 is 11.8 Å². The third-order valence-corrected chi connectivity index (χ3v) is 6.00. The molecule has 2 amide bonds. The molecule has 1 aliphatic carbocycles. The maximum Gasteiger partial charge on any atom is 0.290 e. The molecule has 148 valence electrons. The highest BCUT2D eigenvalue weighted by Gasteiger charge is 2.36. The van der Waals surface area contributed by atoms with Crippen LogP contribution in [0.25, 0.3) is 0 Å². The van der Waals surface area contributed by atoms with Crippen LogP contribution in [0.4, 0.5) is 0 Å². The summed E-state index contributed by atoms with van der Waals surface area (Å²) >= 11 is 0. The SMILES string of the molecule is O=C(NC1CCCCCCC1)[C@H]1Cc2ccccc2CN1C(=O)c1ccco1. The number of fused-ring (bicyclic) bond motifs is 1. The van der Waals surface area contributed by atoms with E-state index in [-0.39, 0.29) is 23.6 Å². The van der Waals surface area contributed by atoms with Gasteiger partial charge in [-0.25, -0.2) is 0 Å². The first-order chi connectivity index (χ1) is 13.7. The van der Waals surface area contributed by atoms with Gasteiger partial charge >= 0.3 is 0 Å². The van der Waals surface area contributed by atoms with Crippen molar-refractivity contribution < 1.29 is 14.0 Å². The monoisotopic (exact) mass is 380 g/mol. The number of nitrogens with zero attached hydrogens (tertiary/aromatic N) is 1. The Balaban J connectivity index is 1.54. The summed E-state index contributed by atoms with van der Waals surface area (Å²) in [6.45, 7) is 0.429. The molecular weight excluding hydrogens is 352 g/mol. The molecule has 1 saturated carbocycles. The summed E-state index contributed by atoms with van der Waals surface area (Å²) in [7, 11) is 0. The average molecular weight is 380 g/mol. The summed E-state index contributed by atoms with van der Waals surface area (Å²) in [5, 5.41) is 3.25. The molecule has 4 rings (SSSR count). The van der Waals surface area contributed by atoms with Crippen molar-refractivity contribution in [1.82, 2.24) is 10.2 Å². The minimum absolute atomic E-state index is 0.0417. The zero-order valence-electron chi connectivity index (χ0n) is 16.2. The van der Waals surface area contributed by atoms with Crippen molar-refractivity contribution in [3.05, 3.63) is 59.5 Å². The van der Waals surface area contributed by atoms with E-state index >= 15 is 0 Å². The first-order valence-corrected chi connectivity index (χ1v) is 10.4. The zero-order valence-corrected chi connectivity index (χ0v) is 16.2. The Labute approximate surface area is 166 Å². The normalized spacial score (nSPS) is 20.7. The fourth-order valence-corrected chi connectivity index (χ4v) is 4.41. The number of benzene rings is 1. The Morgan fingerprint density at radius 3 is 2.36 bits per heavy atom. The molecule has 2 heterocycles. The van der Waals surface area contributed by atoms with E-state index in [1.165, 1.54) is 25.5 Å². The van der Waals surface area contributed by atoms with Crippen molar-refractivity contribution in [3.8, 4) is 0 Å². The summed E-state index contributed by atoms with van der Waals surface area (Å²) in [5.74, 6) is 0.0143. The molecule has 1 aromatic carbocycles. The topological polar surface area (TPSA) is 62.6 Å². The second-order valence-corrected chi connectivity index (χ2v) is 7.95. The van der Waals surface area contributed by atoms with Crippen LogP contribution in [0.5, 0.6) is 0 Å². The van der Waals surface area contributed by atoms with Gasteiger partial charge in [0.25, 0.3) is 5.91 Å². The summed E-state index contributed by atoms with van der Waals surface area (Å²) < 4.78 is 5.32. The van der Waals surface area contributed by atoms with Crippen LogP contribution in [-0.4, -0.2) is 28.8 Å². The van der Waals surface area contributed by atoms with Crippen molar-refractivity contribution in [1.29, 1.82) is 0 Å². The molecule has 1 aliphatic heterocycles. The van der Waals surface area contributed by atoms with E-state index in [0.717, 1.165) is 36.8 Å². The first-order valence-electron chi connectivity index (χ1n) is 10.4. The molecule has 1 fully saturated rings. The van der Waals surface area contributed by atoms with Crippen LogP contribution in [0.2, 0.25) is 0 Å². The highest BCUT2D eigenvalue weighted by atomic mass is 16.3. The van der Waals surface area contributed by atoms with Gasteiger partial charge in [-0.1, -0.05) is 56.4 Å². The average Bonchev–Trinajstić information content (AvgIpc) is 3.23. The summed E-state index contributed by atoms with van der Waals surface area (Å²) in [4.78, 5) is 27.9. The smallest absolute Gasteiger partial charge is 0.290 e. The summed E-state index contributed by atoms with van der Waals surface area (Å²) in [6.07, 6.45) is 10.2. The predicted octanol–water partition coefficient (Wildman–Crippen LogP) is 4.08. The molecule has 1 N–H and O–H groups in total. The number of carbonyl (C=O) groups excluding carboxylic acids is 2. The number of nitrogens with one attached hydrogen (secondary N) is 1. The standard InChI is InChI=1S/C23H28N2O3/c26-22(24-19-11-4-2-1-3-5-12-19)20-15-17-9-6-7-10-18(17)16-25(20)23(27)21-13-8-14-28-21/h6-10,13-14,19-20H,1-5,11-12,15-16H2,(H,24,26)/t20-/m1/s1. The van der Waals surface area contributed by atoms with Gasteiger partial charge in [0, 0.05) is 19.0 Å². The highest BCUT2D eigenvalue weighted by Crippen LogP contribution is 2.26. The number of furan rings is 1. The number of amides is 2. The number of hydrogen-bond donors (Lipinski definition) is 1. The van der Waals surface area contributed by atoms with E-state index in [2.05, 4.69) is 11.4 Å². The summed E-state index contributed by atoms with van der Waals surface area (Å²) in [6, 6.07) is 11.1. The Bertz CT molecular complexity index is 807. The van der Waals surface area contributed by atoms with E-state index < -0.39 is 6.04 Å². The van der Waals surface area contributed by atoms with Gasteiger partial charge in [-0.15, -0.1) is 0 Å². The fourth-order valence-electron chi connectivity index (χ4n) is 4.41. The third-order valence-electron chi connectivity index (χ3n) is 6.00. The van der Waals surface area contributed by atoms with Gasteiger partial charge in [0.2, 0.25) is 5.91 Å². The maximum atomic E-state index is 13.2. The Morgan fingerprint density at radius 2 is 1.64 bits per heavy atom. The predicted molar refractivity (Wildman–Crippen MR) is 107 cm³/mol. The molecule has 5 nitrogen and oxygen atoms in total. The molecular formula is C23H28N2O3. The third kappa shape index (κ3) is 4.13. The Kier molecular flexibility index (Phi) is 5.79. The summed E-state index contributed by atoms with van der Waals surface area (Å²) in [5.41, 5.74) is 2.24. The van der Waals surface area contributed by atoms with Crippen LogP contribution in [0.3, 0.4) is 0 Å². The molecule has 2 aromatic rings. The van der Waals surface area contributed by atoms with Crippen LogP contribution in [-0.2, 0) is 17.8 Å². The van der Waals surface area contributed by atoms with Crippen LogP contribution < -0.4 is 5.32 Å². The van der Waals surface area contributed by atoms with Gasteiger partial charge in [-0.3, -0.25) is 9.59 Å². The number of hydrogen-bond acceptors (Lipinski definition) is 3. The van der Waals surface area contributed by atoms with E-state index in [0.29, 0.717) is 13.0 Å². The molecule has 28 heavy (non-hydrogen) atoms. The minimum Gasteiger partial charge on any atom is -0.459 e. The highest BCUT2D eigenvalue weighted by molar-refractivity contribution is 5.96. The van der Waals surface area contributed by atoms with Gasteiger partial charge in [0.1, 0.15) is 6.04 Å². The largest absolute Gasteiger partial charge is 0.459 e. The molecule has 2 aliphatic rings. The van der Waals surface area contributed by atoms with E-state index in [1.807, 2.05) is 18.2 Å². The van der Waals surface area contributed by atoms with Crippen LogP contribution in [0.15, 0.2) is 47.1 Å². The Hall–Kier alpha value is -2.56. The molecule has 0 radical (unpaired) electrons. The molecule has 0 spiro atoms. The quantitative estimate of drug-likeness (QED) is 0.873. The number of rotatable bonds is 3. The molecule has 1 aromatic heterocycles. The van der Waals surface area contributed by atoms with Gasteiger partial charge in [-0.05, 0) is 36.1 Å². The minimum atomic E-state index is -0.502. The van der Waals surface area contributed by atoms with Crippen molar-refractivity contribution in [2.75, 3.05) is 0 Å². The van der Waals surface area contributed by atoms with E-state index in [9.17, 15) is 9.59 Å². The molecule has 0 bridgehead atoms. The fraction of sp³-hybridized carbons (Fsp3) is 0.478. The van der Waals surface area contributed by atoms with Crippen LogP contribution in [0.1, 0.15) is 66.6 Å². The van der Waals surface area contributed by atoms with Crippen molar-refractivity contribution in [3.63, 3.8) is 0 Å². The second kappa shape index (κ2) is 8.63. The first kappa shape index (κ1) is 18.8. The van der Waals surface area contributed by atoms with Gasteiger partial charge in [0.05, 0.1) is 6.26 Å². The van der Waals surface area contributed by atoms with Gasteiger partial charge < -0.3 is 14.6 Å². The lowest BCUT2D eigenvalue weighted by Gasteiger charge is -2.36. The van der Waals surface area contributed by atoms with Crippen LogP contribution in [0, 0.1) is 0 Å². The second-order valence-electron chi connectivity index (χ2n) is 7.95. The van der Waals surface area contributed by atoms with E-state index in [4.69, 9.17) is 4.42 Å².